The van der Waals surface area contributed by atoms with Gasteiger partial charge in [0.25, 0.3) is 0 Å². The van der Waals surface area contributed by atoms with E-state index in [0.717, 1.165) is 36.4 Å². The molecule has 1 aliphatic rings. The summed E-state index contributed by atoms with van der Waals surface area (Å²) in [5, 5.41) is 1.75. The van der Waals surface area contributed by atoms with Crippen molar-refractivity contribution in [3.05, 3.63) is 20.7 Å². The Balaban J connectivity index is 2.05. The van der Waals surface area contributed by atoms with Gasteiger partial charge < -0.3 is 15.6 Å². The van der Waals surface area contributed by atoms with Gasteiger partial charge in [0.15, 0.2) is 0 Å². The highest BCUT2D eigenvalue weighted by Crippen LogP contribution is 2.12. The zero-order chi connectivity index (χ0) is 10.8. The first-order valence-electron chi connectivity index (χ1n) is 4.88. The molecule has 0 bridgehead atoms. The highest BCUT2D eigenvalue weighted by molar-refractivity contribution is 7.07. The summed E-state index contributed by atoms with van der Waals surface area (Å²) in [6.45, 7) is 1.19. The van der Waals surface area contributed by atoms with E-state index in [0.29, 0.717) is 6.54 Å². The van der Waals surface area contributed by atoms with Crippen LogP contribution < -0.4 is 10.6 Å². The van der Waals surface area contributed by atoms with E-state index in [1.54, 1.807) is 10.3 Å². The normalized spacial score (nSPS) is 22.1. The zero-order valence-electron chi connectivity index (χ0n) is 8.23. The van der Waals surface area contributed by atoms with Gasteiger partial charge in [-0.15, -0.1) is 0 Å². The number of likely N-dealkylation sites (tertiary alicyclic amines) is 1. The van der Waals surface area contributed by atoms with Gasteiger partial charge in [0.2, 0.25) is 5.91 Å². The molecule has 1 saturated heterocycles. The Bertz CT molecular complexity index is 411. The summed E-state index contributed by atoms with van der Waals surface area (Å²) in [6, 6.07) is -0.371. The molecule has 1 unspecified atom stereocenters. The molecule has 1 aromatic rings. The van der Waals surface area contributed by atoms with Gasteiger partial charge in [-0.1, -0.05) is 11.3 Å². The van der Waals surface area contributed by atoms with E-state index in [4.69, 9.17) is 5.73 Å². The van der Waals surface area contributed by atoms with Crippen LogP contribution >= 0.6 is 11.3 Å². The maximum atomic E-state index is 11.6. The molecule has 15 heavy (non-hydrogen) atoms. The summed E-state index contributed by atoms with van der Waals surface area (Å²) in [6.07, 6.45) is 1.69. The molecule has 3 N–H and O–H groups in total. The zero-order valence-corrected chi connectivity index (χ0v) is 9.05. The Kier molecular flexibility index (Phi) is 2.88. The Morgan fingerprint density at radius 2 is 2.40 bits per heavy atom. The van der Waals surface area contributed by atoms with Gasteiger partial charge >= 0.3 is 4.87 Å². The molecule has 1 atom stereocenters. The average Bonchev–Trinajstić information content (AvgIpc) is 2.59. The van der Waals surface area contributed by atoms with Crippen LogP contribution in [0, 0.1) is 0 Å². The number of thiazole rings is 1. The standard InChI is InChI=1S/C9H13N3O2S/c10-7-2-1-3-12(8(7)13)4-6-5-15-9(14)11-6/h5,7H,1-4,10H2,(H,11,14). The number of carbonyl (C=O) groups excluding carboxylic acids is 1. The fourth-order valence-electron chi connectivity index (χ4n) is 1.72. The Labute approximate surface area is 90.9 Å². The average molecular weight is 227 g/mol. The third-order valence-corrected chi connectivity index (χ3v) is 3.22. The lowest BCUT2D eigenvalue weighted by atomic mass is 10.1. The summed E-state index contributed by atoms with van der Waals surface area (Å²) in [5.74, 6) is -0.0201. The molecular formula is C9H13N3O2S. The lowest BCUT2D eigenvalue weighted by Crippen LogP contribution is -2.47. The number of rotatable bonds is 2. The number of aromatic nitrogens is 1. The molecule has 0 aromatic carbocycles. The van der Waals surface area contributed by atoms with Crippen molar-refractivity contribution in [2.75, 3.05) is 6.54 Å². The lowest BCUT2D eigenvalue weighted by molar-refractivity contribution is -0.135. The molecule has 2 heterocycles. The van der Waals surface area contributed by atoms with E-state index < -0.39 is 0 Å². The fourth-order valence-corrected chi connectivity index (χ4v) is 2.30. The van der Waals surface area contributed by atoms with Crippen molar-refractivity contribution in [3.8, 4) is 0 Å². The van der Waals surface area contributed by atoms with Crippen LogP contribution in [0.25, 0.3) is 0 Å². The number of amides is 1. The summed E-state index contributed by atoms with van der Waals surface area (Å²) in [4.78, 5) is 26.9. The van der Waals surface area contributed by atoms with Crippen molar-refractivity contribution >= 4 is 17.2 Å². The van der Waals surface area contributed by atoms with Gasteiger partial charge in [0, 0.05) is 17.6 Å². The Morgan fingerprint density at radius 3 is 3.07 bits per heavy atom. The minimum atomic E-state index is -0.371. The smallest absolute Gasteiger partial charge is 0.304 e. The second kappa shape index (κ2) is 4.16. The van der Waals surface area contributed by atoms with E-state index in [1.807, 2.05) is 0 Å². The molecule has 6 heteroatoms. The predicted molar refractivity (Wildman–Crippen MR) is 57.6 cm³/mol. The molecule has 0 saturated carbocycles. The summed E-state index contributed by atoms with van der Waals surface area (Å²) in [7, 11) is 0. The minimum Gasteiger partial charge on any atom is -0.336 e. The number of carbonyl (C=O) groups is 1. The van der Waals surface area contributed by atoms with Crippen LogP contribution in [-0.2, 0) is 11.3 Å². The van der Waals surface area contributed by atoms with Crippen LogP contribution in [-0.4, -0.2) is 28.4 Å². The van der Waals surface area contributed by atoms with Crippen molar-refractivity contribution in [1.29, 1.82) is 0 Å². The quantitative estimate of drug-likeness (QED) is 0.739. The van der Waals surface area contributed by atoms with Gasteiger partial charge in [-0.2, -0.15) is 0 Å². The van der Waals surface area contributed by atoms with Gasteiger partial charge in [-0.25, -0.2) is 0 Å². The van der Waals surface area contributed by atoms with Crippen molar-refractivity contribution in [2.45, 2.75) is 25.4 Å². The van der Waals surface area contributed by atoms with Crippen molar-refractivity contribution in [1.82, 2.24) is 9.88 Å². The van der Waals surface area contributed by atoms with Crippen molar-refractivity contribution < 1.29 is 4.79 Å². The third-order valence-electron chi connectivity index (χ3n) is 2.50. The largest absolute Gasteiger partial charge is 0.336 e. The molecule has 1 amide bonds. The number of aromatic amines is 1. The lowest BCUT2D eigenvalue weighted by Gasteiger charge is -2.29. The van der Waals surface area contributed by atoms with Crippen molar-refractivity contribution in [2.24, 2.45) is 5.73 Å². The minimum absolute atomic E-state index is 0.0201. The number of nitrogens with two attached hydrogens (primary N) is 1. The molecule has 82 valence electrons. The molecule has 1 aromatic heterocycles. The molecule has 1 aliphatic heterocycles. The first-order chi connectivity index (χ1) is 7.16. The van der Waals surface area contributed by atoms with Crippen LogP contribution in [0.1, 0.15) is 18.5 Å². The number of H-pyrrole nitrogens is 1. The van der Waals surface area contributed by atoms with Gasteiger partial charge in [-0.05, 0) is 12.8 Å². The number of hydrogen-bond donors (Lipinski definition) is 2. The van der Waals surface area contributed by atoms with Crippen molar-refractivity contribution in [3.63, 3.8) is 0 Å². The molecule has 1 fully saturated rings. The molecule has 5 nitrogen and oxygen atoms in total. The number of piperidine rings is 1. The van der Waals surface area contributed by atoms with Crippen LogP contribution in [0.3, 0.4) is 0 Å². The monoisotopic (exact) mass is 227 g/mol. The van der Waals surface area contributed by atoms with E-state index >= 15 is 0 Å². The van der Waals surface area contributed by atoms with Crippen LogP contribution in [0.4, 0.5) is 0 Å². The second-order valence-electron chi connectivity index (χ2n) is 3.68. The van der Waals surface area contributed by atoms with Gasteiger partial charge in [0.05, 0.1) is 12.6 Å². The van der Waals surface area contributed by atoms with Gasteiger partial charge in [-0.3, -0.25) is 9.59 Å². The van der Waals surface area contributed by atoms with Crippen LogP contribution in [0.15, 0.2) is 10.2 Å². The molecular weight excluding hydrogens is 214 g/mol. The highest BCUT2D eigenvalue weighted by Gasteiger charge is 2.25. The molecule has 2 rings (SSSR count). The third kappa shape index (κ3) is 2.27. The van der Waals surface area contributed by atoms with E-state index in [-0.39, 0.29) is 16.8 Å². The summed E-state index contributed by atoms with van der Waals surface area (Å²) < 4.78 is 0. The van der Waals surface area contributed by atoms with Crippen LogP contribution in [0.5, 0.6) is 0 Å². The summed E-state index contributed by atoms with van der Waals surface area (Å²) in [5.41, 5.74) is 6.45. The molecule has 0 spiro atoms. The van der Waals surface area contributed by atoms with E-state index in [9.17, 15) is 9.59 Å². The van der Waals surface area contributed by atoms with E-state index in [2.05, 4.69) is 4.98 Å². The molecule has 0 radical (unpaired) electrons. The Hall–Kier alpha value is -1.14. The topological polar surface area (TPSA) is 79.2 Å². The first-order valence-corrected chi connectivity index (χ1v) is 5.76. The van der Waals surface area contributed by atoms with Gasteiger partial charge in [0.1, 0.15) is 0 Å². The number of nitrogens with zero attached hydrogens (tertiary/aromatic N) is 1. The molecule has 0 aliphatic carbocycles. The second-order valence-corrected chi connectivity index (χ2v) is 4.52. The Morgan fingerprint density at radius 1 is 1.60 bits per heavy atom. The number of nitrogens with one attached hydrogen (secondary N) is 1. The number of hydrogen-bond acceptors (Lipinski definition) is 4. The fraction of sp³-hybridized carbons (Fsp3) is 0.556. The SMILES string of the molecule is NC1CCCN(Cc2csc(=O)[nH]2)C1=O. The van der Waals surface area contributed by atoms with Crippen LogP contribution in [0.2, 0.25) is 0 Å². The maximum absolute atomic E-state index is 11.6. The summed E-state index contributed by atoms with van der Waals surface area (Å²) >= 11 is 1.11. The van der Waals surface area contributed by atoms with E-state index in [1.165, 1.54) is 0 Å². The highest BCUT2D eigenvalue weighted by atomic mass is 32.1. The maximum Gasteiger partial charge on any atom is 0.304 e. The first kappa shape index (κ1) is 10.4. The predicted octanol–water partition coefficient (Wildman–Crippen LogP) is -0.114.